The molecular weight excluding hydrogens is 411 g/mol. The van der Waals surface area contributed by atoms with Gasteiger partial charge in [0.2, 0.25) is 15.9 Å². The lowest BCUT2D eigenvalue weighted by Crippen LogP contribution is -2.51. The first-order valence-electron chi connectivity index (χ1n) is 9.46. The summed E-state index contributed by atoms with van der Waals surface area (Å²) in [5.41, 5.74) is 0.769. The van der Waals surface area contributed by atoms with Crippen LogP contribution in [0.25, 0.3) is 0 Å². The third kappa shape index (κ3) is 6.88. The van der Waals surface area contributed by atoms with E-state index in [1.807, 2.05) is 6.07 Å². The Morgan fingerprint density at radius 3 is 2.13 bits per heavy atom. The van der Waals surface area contributed by atoms with E-state index < -0.39 is 32.7 Å². The normalized spacial score (nSPS) is 12.5. The minimum absolute atomic E-state index is 0.115. The predicted molar refractivity (Wildman–Crippen MR) is 111 cm³/mol. The number of nitrogens with zero attached hydrogens (tertiary/aromatic N) is 1. The van der Waals surface area contributed by atoms with Crippen molar-refractivity contribution in [3.05, 3.63) is 66.0 Å². The first-order valence-corrected chi connectivity index (χ1v) is 10.9. The molecule has 9 heteroatoms. The molecule has 2 aromatic carbocycles. The highest BCUT2D eigenvalue weighted by Gasteiger charge is 2.30. The number of halogens is 1. The third-order valence-corrected chi connectivity index (χ3v) is 5.95. The van der Waals surface area contributed by atoms with Gasteiger partial charge in [0.15, 0.2) is 0 Å². The number of nitrogens with one attached hydrogen (secondary N) is 1. The predicted octanol–water partition coefficient (Wildman–Crippen LogP) is 1.84. The van der Waals surface area contributed by atoms with Crippen molar-refractivity contribution in [3.8, 4) is 0 Å². The summed E-state index contributed by atoms with van der Waals surface area (Å²) < 4.78 is 52.3. The Hall–Kier alpha value is -2.33. The summed E-state index contributed by atoms with van der Waals surface area (Å²) >= 11 is 0. The van der Waals surface area contributed by atoms with E-state index in [1.54, 1.807) is 24.3 Å². The molecule has 1 unspecified atom stereocenters. The van der Waals surface area contributed by atoms with Crippen LogP contribution in [0, 0.1) is 5.82 Å². The topological polar surface area (TPSA) is 84.9 Å². The zero-order valence-corrected chi connectivity index (χ0v) is 17.9. The standard InChI is InChI=1S/C21H27FN2O5S/c1-28-14-12-24(13-15-29-2)21(25)19(16-17-8-4-3-5-9-17)23-30(26,27)20-11-7-6-10-18(20)22/h3-11,19,23H,12-16H2,1-2H3. The van der Waals surface area contributed by atoms with Crippen LogP contribution in [0.1, 0.15) is 5.56 Å². The maximum atomic E-state index is 14.1. The molecule has 0 aliphatic heterocycles. The van der Waals surface area contributed by atoms with E-state index in [0.29, 0.717) is 0 Å². The number of carbonyl (C=O) groups is 1. The average Bonchev–Trinajstić information content (AvgIpc) is 2.74. The molecule has 0 bridgehead atoms. The summed E-state index contributed by atoms with van der Waals surface area (Å²) in [7, 11) is -1.23. The molecule has 1 amide bonds. The first kappa shape index (κ1) is 23.9. The van der Waals surface area contributed by atoms with Gasteiger partial charge in [-0.3, -0.25) is 4.79 Å². The molecule has 164 valence electrons. The molecule has 30 heavy (non-hydrogen) atoms. The SMILES string of the molecule is COCCN(CCOC)C(=O)C(Cc1ccccc1)NS(=O)(=O)c1ccccc1F. The van der Waals surface area contributed by atoms with Gasteiger partial charge < -0.3 is 14.4 Å². The number of benzene rings is 2. The molecule has 1 atom stereocenters. The van der Waals surface area contributed by atoms with Crippen molar-refractivity contribution in [3.63, 3.8) is 0 Å². The van der Waals surface area contributed by atoms with Crippen molar-refractivity contribution in [1.29, 1.82) is 0 Å². The molecule has 2 aromatic rings. The smallest absolute Gasteiger partial charge is 0.244 e. The Bertz CT molecular complexity index is 901. The second-order valence-corrected chi connectivity index (χ2v) is 8.29. The van der Waals surface area contributed by atoms with Gasteiger partial charge >= 0.3 is 0 Å². The number of ether oxygens (including phenoxy) is 2. The fourth-order valence-electron chi connectivity index (χ4n) is 2.90. The summed E-state index contributed by atoms with van der Waals surface area (Å²) in [6.07, 6.45) is 0.115. The number of rotatable bonds is 12. The average molecular weight is 439 g/mol. The van der Waals surface area contributed by atoms with Crippen molar-refractivity contribution in [1.82, 2.24) is 9.62 Å². The Morgan fingerprint density at radius 1 is 1.00 bits per heavy atom. The fraction of sp³-hybridized carbons (Fsp3) is 0.381. The zero-order valence-electron chi connectivity index (χ0n) is 17.1. The molecule has 0 aliphatic rings. The molecule has 0 saturated heterocycles. The summed E-state index contributed by atoms with van der Waals surface area (Å²) in [6.45, 7) is 1.11. The van der Waals surface area contributed by atoms with Gasteiger partial charge in [-0.05, 0) is 24.1 Å². The van der Waals surface area contributed by atoms with Gasteiger partial charge in [-0.15, -0.1) is 0 Å². The zero-order chi connectivity index (χ0) is 22.0. The number of hydrogen-bond donors (Lipinski definition) is 1. The Kier molecular flexibility index (Phi) is 9.38. The molecule has 1 N–H and O–H groups in total. The molecule has 0 spiro atoms. The van der Waals surface area contributed by atoms with Crippen molar-refractivity contribution in [2.75, 3.05) is 40.5 Å². The van der Waals surface area contributed by atoms with Crippen LogP contribution in [0.15, 0.2) is 59.5 Å². The second-order valence-electron chi connectivity index (χ2n) is 6.60. The van der Waals surface area contributed by atoms with Gasteiger partial charge in [-0.25, -0.2) is 12.8 Å². The molecule has 0 aromatic heterocycles. The molecule has 0 saturated carbocycles. The lowest BCUT2D eigenvalue weighted by atomic mass is 10.1. The van der Waals surface area contributed by atoms with E-state index in [9.17, 15) is 17.6 Å². The Balaban J connectivity index is 2.33. The molecule has 0 aliphatic carbocycles. The van der Waals surface area contributed by atoms with Crippen LogP contribution in [0.2, 0.25) is 0 Å². The Labute approximate surface area is 176 Å². The summed E-state index contributed by atoms with van der Waals surface area (Å²) in [5, 5.41) is 0. The lowest BCUT2D eigenvalue weighted by Gasteiger charge is -2.27. The van der Waals surface area contributed by atoms with Crippen LogP contribution in [0.4, 0.5) is 4.39 Å². The van der Waals surface area contributed by atoms with Crippen LogP contribution in [0.5, 0.6) is 0 Å². The minimum atomic E-state index is -4.26. The number of amides is 1. The molecule has 0 heterocycles. The quantitative estimate of drug-likeness (QED) is 0.547. The number of methoxy groups -OCH3 is 2. The summed E-state index contributed by atoms with van der Waals surface area (Å²) in [6, 6.07) is 13.0. The van der Waals surface area contributed by atoms with Crippen molar-refractivity contribution >= 4 is 15.9 Å². The molecule has 0 fully saturated rings. The lowest BCUT2D eigenvalue weighted by molar-refractivity contribution is -0.134. The third-order valence-electron chi connectivity index (χ3n) is 4.45. The van der Waals surface area contributed by atoms with E-state index >= 15 is 0 Å². The van der Waals surface area contributed by atoms with Crippen molar-refractivity contribution in [2.45, 2.75) is 17.4 Å². The van der Waals surface area contributed by atoms with E-state index in [4.69, 9.17) is 9.47 Å². The van der Waals surface area contributed by atoms with Gasteiger partial charge in [-0.1, -0.05) is 42.5 Å². The highest BCUT2D eigenvalue weighted by atomic mass is 32.2. The summed E-state index contributed by atoms with van der Waals surface area (Å²) in [4.78, 5) is 14.2. The highest BCUT2D eigenvalue weighted by Crippen LogP contribution is 2.16. The van der Waals surface area contributed by atoms with Gasteiger partial charge in [-0.2, -0.15) is 4.72 Å². The van der Waals surface area contributed by atoms with Crippen LogP contribution < -0.4 is 4.72 Å². The maximum absolute atomic E-state index is 14.1. The second kappa shape index (κ2) is 11.8. The van der Waals surface area contributed by atoms with E-state index in [1.165, 1.54) is 31.3 Å². The Morgan fingerprint density at radius 2 is 1.57 bits per heavy atom. The van der Waals surface area contributed by atoms with E-state index in [0.717, 1.165) is 17.7 Å². The van der Waals surface area contributed by atoms with Crippen molar-refractivity contribution < 1.29 is 27.1 Å². The van der Waals surface area contributed by atoms with Crippen LogP contribution in [-0.4, -0.2) is 65.8 Å². The minimum Gasteiger partial charge on any atom is -0.383 e. The van der Waals surface area contributed by atoms with E-state index in [2.05, 4.69) is 4.72 Å². The number of sulfonamides is 1. The molecule has 0 radical (unpaired) electrons. The van der Waals surface area contributed by atoms with Gasteiger partial charge in [0, 0.05) is 27.3 Å². The van der Waals surface area contributed by atoms with E-state index in [-0.39, 0.29) is 32.7 Å². The largest absolute Gasteiger partial charge is 0.383 e. The van der Waals surface area contributed by atoms with Gasteiger partial charge in [0.05, 0.1) is 13.2 Å². The van der Waals surface area contributed by atoms with Gasteiger partial charge in [0.25, 0.3) is 0 Å². The highest BCUT2D eigenvalue weighted by molar-refractivity contribution is 7.89. The first-order chi connectivity index (χ1) is 14.4. The molecule has 2 rings (SSSR count). The summed E-state index contributed by atoms with van der Waals surface area (Å²) in [5.74, 6) is -1.32. The van der Waals surface area contributed by atoms with Crippen molar-refractivity contribution in [2.24, 2.45) is 0 Å². The number of hydrogen-bond acceptors (Lipinski definition) is 5. The fourth-order valence-corrected chi connectivity index (χ4v) is 4.17. The van der Waals surface area contributed by atoms with Crippen LogP contribution in [-0.2, 0) is 30.7 Å². The molecule has 7 nitrogen and oxygen atoms in total. The van der Waals surface area contributed by atoms with Crippen LogP contribution >= 0.6 is 0 Å². The van der Waals surface area contributed by atoms with Gasteiger partial charge in [0.1, 0.15) is 16.8 Å². The number of carbonyl (C=O) groups excluding carboxylic acids is 1. The monoisotopic (exact) mass is 438 g/mol. The molecular formula is C21H27FN2O5S. The van der Waals surface area contributed by atoms with Crippen LogP contribution in [0.3, 0.4) is 0 Å². The maximum Gasteiger partial charge on any atom is 0.244 e.